The molecular formula is C23H28N4. The molecule has 0 saturated carbocycles. The van der Waals surface area contributed by atoms with Crippen molar-refractivity contribution in [2.24, 2.45) is 0 Å². The van der Waals surface area contributed by atoms with Crippen molar-refractivity contribution < 1.29 is 0 Å². The SMILES string of the molecule is CN(Cc1ccccc1)C1CCCN(Cc2cccc(-n3cccn3)c2)C1. The molecular weight excluding hydrogens is 332 g/mol. The standard InChI is InChI=1S/C23H28N4/c1-25(17-20-8-3-2-4-9-20)23-12-6-14-26(19-23)18-21-10-5-11-22(16-21)27-15-7-13-24-27/h2-5,7-11,13,15-16,23H,6,12,14,17-19H2,1H3. The summed E-state index contributed by atoms with van der Waals surface area (Å²) < 4.78 is 1.93. The average Bonchev–Trinajstić information content (AvgIpc) is 3.24. The number of likely N-dealkylation sites (N-methyl/N-ethyl adjacent to an activating group) is 1. The third-order valence-corrected chi connectivity index (χ3v) is 5.46. The van der Waals surface area contributed by atoms with Gasteiger partial charge in [-0.3, -0.25) is 9.80 Å². The van der Waals surface area contributed by atoms with Crippen LogP contribution in [-0.4, -0.2) is 45.8 Å². The van der Waals surface area contributed by atoms with E-state index in [0.717, 1.165) is 25.3 Å². The summed E-state index contributed by atoms with van der Waals surface area (Å²) in [6, 6.07) is 22.1. The molecule has 1 aliphatic heterocycles. The van der Waals surface area contributed by atoms with Crippen LogP contribution in [0.2, 0.25) is 0 Å². The molecule has 3 aromatic rings. The van der Waals surface area contributed by atoms with Gasteiger partial charge in [-0.1, -0.05) is 42.5 Å². The number of benzene rings is 2. The third kappa shape index (κ3) is 4.65. The summed E-state index contributed by atoms with van der Waals surface area (Å²) in [4.78, 5) is 5.11. The van der Waals surface area contributed by atoms with Crippen LogP contribution < -0.4 is 0 Å². The fourth-order valence-electron chi connectivity index (χ4n) is 4.01. The summed E-state index contributed by atoms with van der Waals surface area (Å²) in [6.07, 6.45) is 6.37. The Morgan fingerprint density at radius 1 is 1.04 bits per heavy atom. The number of hydrogen-bond acceptors (Lipinski definition) is 3. The van der Waals surface area contributed by atoms with Gasteiger partial charge in [0.2, 0.25) is 0 Å². The van der Waals surface area contributed by atoms with Crippen molar-refractivity contribution in [1.29, 1.82) is 0 Å². The first-order valence-corrected chi connectivity index (χ1v) is 9.83. The number of rotatable bonds is 6. The first-order valence-electron chi connectivity index (χ1n) is 9.83. The summed E-state index contributed by atoms with van der Waals surface area (Å²) in [5, 5.41) is 4.35. The summed E-state index contributed by atoms with van der Waals surface area (Å²) in [7, 11) is 2.26. The Balaban J connectivity index is 1.38. The Morgan fingerprint density at radius 2 is 1.89 bits per heavy atom. The zero-order valence-corrected chi connectivity index (χ0v) is 16.0. The van der Waals surface area contributed by atoms with Crippen LogP contribution in [0.5, 0.6) is 0 Å². The topological polar surface area (TPSA) is 24.3 Å². The maximum atomic E-state index is 4.35. The van der Waals surface area contributed by atoms with Gasteiger partial charge < -0.3 is 0 Å². The van der Waals surface area contributed by atoms with Crippen molar-refractivity contribution in [3.63, 3.8) is 0 Å². The molecule has 2 heterocycles. The minimum absolute atomic E-state index is 0.619. The summed E-state index contributed by atoms with van der Waals surface area (Å²) >= 11 is 0. The predicted molar refractivity (Wildman–Crippen MR) is 110 cm³/mol. The number of likely N-dealkylation sites (tertiary alicyclic amines) is 1. The lowest BCUT2D eigenvalue weighted by Gasteiger charge is -2.37. The predicted octanol–water partition coefficient (Wildman–Crippen LogP) is 3.97. The molecule has 0 amide bonds. The summed E-state index contributed by atoms with van der Waals surface area (Å²) in [6.45, 7) is 4.34. The van der Waals surface area contributed by atoms with Crippen molar-refractivity contribution in [2.45, 2.75) is 32.0 Å². The quantitative estimate of drug-likeness (QED) is 0.665. The minimum atomic E-state index is 0.619. The molecule has 4 nitrogen and oxygen atoms in total. The smallest absolute Gasteiger partial charge is 0.0648 e. The van der Waals surface area contributed by atoms with Gasteiger partial charge in [0.1, 0.15) is 0 Å². The maximum absolute atomic E-state index is 4.35. The van der Waals surface area contributed by atoms with Crippen LogP contribution in [0, 0.1) is 0 Å². The van der Waals surface area contributed by atoms with Gasteiger partial charge in [0.15, 0.2) is 0 Å². The van der Waals surface area contributed by atoms with Gasteiger partial charge in [0, 0.05) is 38.1 Å². The molecule has 0 radical (unpaired) electrons. The van der Waals surface area contributed by atoms with E-state index in [1.165, 1.54) is 30.5 Å². The second-order valence-electron chi connectivity index (χ2n) is 7.55. The molecule has 1 fully saturated rings. The van der Waals surface area contributed by atoms with Crippen LogP contribution in [0.4, 0.5) is 0 Å². The van der Waals surface area contributed by atoms with Gasteiger partial charge in [-0.15, -0.1) is 0 Å². The Hall–Kier alpha value is -2.43. The zero-order valence-electron chi connectivity index (χ0n) is 16.0. The second-order valence-corrected chi connectivity index (χ2v) is 7.55. The largest absolute Gasteiger partial charge is 0.298 e. The van der Waals surface area contributed by atoms with Gasteiger partial charge >= 0.3 is 0 Å². The lowest BCUT2D eigenvalue weighted by atomic mass is 10.0. The van der Waals surface area contributed by atoms with Crippen LogP contribution in [0.25, 0.3) is 5.69 Å². The van der Waals surface area contributed by atoms with Gasteiger partial charge in [0.05, 0.1) is 5.69 Å². The fourth-order valence-corrected chi connectivity index (χ4v) is 4.01. The van der Waals surface area contributed by atoms with Crippen LogP contribution in [0.1, 0.15) is 24.0 Å². The van der Waals surface area contributed by atoms with Gasteiger partial charge in [-0.2, -0.15) is 5.10 Å². The number of hydrogen-bond donors (Lipinski definition) is 0. The molecule has 1 atom stereocenters. The molecule has 0 bridgehead atoms. The molecule has 1 aromatic heterocycles. The Bertz CT molecular complexity index is 829. The average molecular weight is 361 g/mol. The van der Waals surface area contributed by atoms with Crippen LogP contribution in [0.3, 0.4) is 0 Å². The van der Waals surface area contributed by atoms with Crippen LogP contribution >= 0.6 is 0 Å². The van der Waals surface area contributed by atoms with Crippen LogP contribution in [0.15, 0.2) is 73.1 Å². The fraction of sp³-hybridized carbons (Fsp3) is 0.348. The lowest BCUT2D eigenvalue weighted by Crippen LogP contribution is -2.45. The molecule has 1 aliphatic rings. The normalized spacial score (nSPS) is 18.1. The van der Waals surface area contributed by atoms with Crippen molar-refractivity contribution in [1.82, 2.24) is 19.6 Å². The van der Waals surface area contributed by atoms with Gasteiger partial charge in [-0.25, -0.2) is 4.68 Å². The van der Waals surface area contributed by atoms with E-state index in [9.17, 15) is 0 Å². The maximum Gasteiger partial charge on any atom is 0.0648 e. The van der Waals surface area contributed by atoms with Crippen LogP contribution in [-0.2, 0) is 13.1 Å². The molecule has 0 N–H and O–H groups in total. The molecule has 27 heavy (non-hydrogen) atoms. The van der Waals surface area contributed by atoms with E-state index in [2.05, 4.69) is 76.5 Å². The van der Waals surface area contributed by atoms with Crippen molar-refractivity contribution >= 4 is 0 Å². The molecule has 1 saturated heterocycles. The molecule has 140 valence electrons. The van der Waals surface area contributed by atoms with E-state index < -0.39 is 0 Å². The molecule has 2 aromatic carbocycles. The first-order chi connectivity index (χ1) is 13.3. The molecule has 4 rings (SSSR count). The zero-order chi connectivity index (χ0) is 18.5. The number of piperidine rings is 1. The molecule has 4 heteroatoms. The monoisotopic (exact) mass is 360 g/mol. The van der Waals surface area contributed by atoms with Crippen molar-refractivity contribution in [3.05, 3.63) is 84.2 Å². The Kier molecular flexibility index (Phi) is 5.66. The van der Waals surface area contributed by atoms with Gasteiger partial charge in [0.25, 0.3) is 0 Å². The summed E-state index contributed by atoms with van der Waals surface area (Å²) in [5.41, 5.74) is 3.88. The Morgan fingerprint density at radius 3 is 2.70 bits per heavy atom. The highest BCUT2D eigenvalue weighted by Gasteiger charge is 2.23. The van der Waals surface area contributed by atoms with E-state index in [-0.39, 0.29) is 0 Å². The third-order valence-electron chi connectivity index (χ3n) is 5.46. The first kappa shape index (κ1) is 18.0. The number of aromatic nitrogens is 2. The highest BCUT2D eigenvalue weighted by Crippen LogP contribution is 2.20. The van der Waals surface area contributed by atoms with E-state index in [1.807, 2.05) is 23.1 Å². The highest BCUT2D eigenvalue weighted by molar-refractivity contribution is 5.35. The second kappa shape index (κ2) is 8.51. The lowest BCUT2D eigenvalue weighted by molar-refractivity contribution is 0.107. The molecule has 0 aliphatic carbocycles. The van der Waals surface area contributed by atoms with E-state index in [1.54, 1.807) is 0 Å². The molecule has 0 spiro atoms. The highest BCUT2D eigenvalue weighted by atomic mass is 15.3. The van der Waals surface area contributed by atoms with Gasteiger partial charge in [-0.05, 0) is 55.8 Å². The van der Waals surface area contributed by atoms with Crippen molar-refractivity contribution in [3.8, 4) is 5.69 Å². The van der Waals surface area contributed by atoms with Crippen molar-refractivity contribution in [2.75, 3.05) is 20.1 Å². The van der Waals surface area contributed by atoms with E-state index in [4.69, 9.17) is 0 Å². The van der Waals surface area contributed by atoms with E-state index in [0.29, 0.717) is 6.04 Å². The van der Waals surface area contributed by atoms with E-state index >= 15 is 0 Å². The molecule has 1 unspecified atom stereocenters. The summed E-state index contributed by atoms with van der Waals surface area (Å²) in [5.74, 6) is 0. The Labute approximate surface area is 162 Å². The number of nitrogens with zero attached hydrogens (tertiary/aromatic N) is 4. The minimum Gasteiger partial charge on any atom is -0.298 e.